The number of carbonyl (C=O) groups is 2. The van der Waals surface area contributed by atoms with E-state index in [-0.39, 0.29) is 5.75 Å². The van der Waals surface area contributed by atoms with E-state index in [1.807, 2.05) is 29.0 Å². The smallest absolute Gasteiger partial charge is 0.316 e. The monoisotopic (exact) mass is 470 g/mol. The van der Waals surface area contributed by atoms with Crippen LogP contribution in [0, 0.1) is 0 Å². The predicted octanol–water partition coefficient (Wildman–Crippen LogP) is 4.61. The number of carbonyl (C=O) groups excluding carboxylic acids is 2. The molecule has 0 aliphatic carbocycles. The molecule has 0 saturated heterocycles. The third-order valence-corrected chi connectivity index (χ3v) is 6.03. The number of aromatic nitrogens is 3. The summed E-state index contributed by atoms with van der Waals surface area (Å²) in [5.41, 5.74) is 0.353. The highest BCUT2D eigenvalue weighted by Crippen LogP contribution is 2.27. The van der Waals surface area contributed by atoms with Gasteiger partial charge in [0.05, 0.1) is 21.3 Å². The number of nitrogens with zero attached hydrogens (tertiary/aromatic N) is 3. The topological polar surface area (TPSA) is 86.1 Å². The minimum atomic E-state index is -0.536. The van der Waals surface area contributed by atoms with E-state index >= 15 is 0 Å². The van der Waals surface area contributed by atoms with E-state index in [1.165, 1.54) is 17.8 Å². The minimum absolute atomic E-state index is 0.00771. The van der Waals surface area contributed by atoms with Crippen molar-refractivity contribution in [2.45, 2.75) is 18.6 Å². The molecule has 0 bridgehead atoms. The maximum absolute atomic E-state index is 12.0. The maximum atomic E-state index is 12.0. The van der Waals surface area contributed by atoms with Crippen LogP contribution in [0.15, 0.2) is 40.9 Å². The molecule has 0 saturated carbocycles. The number of nitrogens with one attached hydrogen (secondary N) is 1. The number of anilines is 1. The van der Waals surface area contributed by atoms with Crippen molar-refractivity contribution in [3.05, 3.63) is 45.8 Å². The van der Waals surface area contributed by atoms with Crippen molar-refractivity contribution in [3.63, 3.8) is 0 Å². The van der Waals surface area contributed by atoms with Gasteiger partial charge >= 0.3 is 5.97 Å². The van der Waals surface area contributed by atoms with Crippen molar-refractivity contribution in [1.29, 1.82) is 0 Å². The zero-order valence-electron chi connectivity index (χ0n) is 15.2. The molecule has 1 N–H and O–H groups in total. The van der Waals surface area contributed by atoms with E-state index in [2.05, 4.69) is 15.5 Å². The van der Waals surface area contributed by atoms with Gasteiger partial charge in [0, 0.05) is 11.6 Å². The third kappa shape index (κ3) is 5.72. The number of esters is 1. The van der Waals surface area contributed by atoms with Crippen LogP contribution in [0.1, 0.15) is 6.92 Å². The normalized spacial score (nSPS) is 10.7. The van der Waals surface area contributed by atoms with Gasteiger partial charge in [0.15, 0.2) is 17.6 Å². The first-order chi connectivity index (χ1) is 14.0. The van der Waals surface area contributed by atoms with Crippen molar-refractivity contribution in [2.24, 2.45) is 0 Å². The van der Waals surface area contributed by atoms with Crippen LogP contribution >= 0.6 is 46.3 Å². The average molecular weight is 471 g/mol. The molecule has 1 amide bonds. The maximum Gasteiger partial charge on any atom is 0.316 e. The number of rotatable bonds is 8. The fourth-order valence-corrected chi connectivity index (χ4v) is 4.21. The van der Waals surface area contributed by atoms with Gasteiger partial charge in [0.1, 0.15) is 0 Å². The van der Waals surface area contributed by atoms with Gasteiger partial charge in [0.25, 0.3) is 5.91 Å². The van der Waals surface area contributed by atoms with Crippen molar-refractivity contribution in [2.75, 3.05) is 17.7 Å². The molecule has 2 heterocycles. The van der Waals surface area contributed by atoms with Gasteiger partial charge in [-0.15, -0.1) is 21.5 Å². The Labute approximate surface area is 185 Å². The Kier molecular flexibility index (Phi) is 7.54. The summed E-state index contributed by atoms with van der Waals surface area (Å²) in [5.74, 6) is -0.278. The highest BCUT2D eigenvalue weighted by Gasteiger charge is 2.16. The van der Waals surface area contributed by atoms with Gasteiger partial charge in [-0.2, -0.15) is 0 Å². The van der Waals surface area contributed by atoms with Crippen LogP contribution in [0.2, 0.25) is 10.0 Å². The Morgan fingerprint density at radius 2 is 2.10 bits per heavy atom. The molecule has 2 aromatic heterocycles. The Bertz CT molecular complexity index is 1010. The van der Waals surface area contributed by atoms with E-state index in [1.54, 1.807) is 23.5 Å². The highest BCUT2D eigenvalue weighted by molar-refractivity contribution is 7.99. The molecule has 0 fully saturated rings. The van der Waals surface area contributed by atoms with Crippen molar-refractivity contribution < 1.29 is 14.3 Å². The van der Waals surface area contributed by atoms with Crippen LogP contribution in [0.25, 0.3) is 10.7 Å². The van der Waals surface area contributed by atoms with Crippen molar-refractivity contribution in [3.8, 4) is 10.7 Å². The lowest BCUT2D eigenvalue weighted by Crippen LogP contribution is -2.21. The molecule has 0 radical (unpaired) electrons. The fraction of sp³-hybridized carbons (Fsp3) is 0.222. The van der Waals surface area contributed by atoms with Crippen molar-refractivity contribution >= 4 is 63.9 Å². The van der Waals surface area contributed by atoms with Gasteiger partial charge < -0.3 is 14.6 Å². The fourth-order valence-electron chi connectivity index (χ4n) is 2.36. The van der Waals surface area contributed by atoms with Gasteiger partial charge in [-0.05, 0) is 36.6 Å². The first kappa shape index (κ1) is 21.6. The van der Waals surface area contributed by atoms with E-state index in [0.29, 0.717) is 27.4 Å². The largest absolute Gasteiger partial charge is 0.455 e. The standard InChI is InChI=1S/C18H16Cl2N4O3S2/c1-2-24-17(14-4-3-7-28-14)22-23-18(24)29-10-16(26)27-9-15(25)21-13-8-11(19)5-6-12(13)20/h3-8H,2,9-10H2,1H3,(H,21,25). The van der Waals surface area contributed by atoms with E-state index in [4.69, 9.17) is 27.9 Å². The molecule has 0 aliphatic rings. The summed E-state index contributed by atoms with van der Waals surface area (Å²) in [6.45, 7) is 2.22. The SMILES string of the molecule is CCn1c(SCC(=O)OCC(=O)Nc2cc(Cl)ccc2Cl)nnc1-c1cccs1. The molecule has 0 unspecified atom stereocenters. The summed E-state index contributed by atoms with van der Waals surface area (Å²) in [4.78, 5) is 25.0. The third-order valence-electron chi connectivity index (χ3n) is 3.66. The molecular formula is C18H16Cl2N4O3S2. The van der Waals surface area contributed by atoms with Crippen LogP contribution in [-0.2, 0) is 20.9 Å². The van der Waals surface area contributed by atoms with Gasteiger partial charge in [-0.25, -0.2) is 0 Å². The zero-order valence-corrected chi connectivity index (χ0v) is 18.4. The lowest BCUT2D eigenvalue weighted by atomic mass is 10.3. The molecule has 29 heavy (non-hydrogen) atoms. The molecule has 0 aliphatic heterocycles. The zero-order chi connectivity index (χ0) is 20.8. The summed E-state index contributed by atoms with van der Waals surface area (Å²) in [7, 11) is 0. The van der Waals surface area contributed by atoms with Gasteiger partial charge in [-0.1, -0.05) is 41.0 Å². The van der Waals surface area contributed by atoms with Crippen LogP contribution in [0.4, 0.5) is 5.69 Å². The number of hydrogen-bond acceptors (Lipinski definition) is 7. The molecule has 11 heteroatoms. The van der Waals surface area contributed by atoms with Crippen LogP contribution in [0.3, 0.4) is 0 Å². The van der Waals surface area contributed by atoms with E-state index in [0.717, 1.165) is 10.7 Å². The molecule has 0 spiro atoms. The minimum Gasteiger partial charge on any atom is -0.455 e. The summed E-state index contributed by atoms with van der Waals surface area (Å²) in [6.07, 6.45) is 0. The summed E-state index contributed by atoms with van der Waals surface area (Å²) >= 11 is 14.6. The summed E-state index contributed by atoms with van der Waals surface area (Å²) in [6, 6.07) is 8.60. The molecule has 152 valence electrons. The van der Waals surface area contributed by atoms with Crippen LogP contribution < -0.4 is 5.32 Å². The Hall–Kier alpha value is -2.07. The number of thioether (sulfide) groups is 1. The second-order valence-corrected chi connectivity index (χ2v) is 8.38. The van der Waals surface area contributed by atoms with E-state index in [9.17, 15) is 9.59 Å². The first-order valence-electron chi connectivity index (χ1n) is 8.48. The number of amides is 1. The second-order valence-electron chi connectivity index (χ2n) is 5.65. The number of ether oxygens (including phenoxy) is 1. The number of benzene rings is 1. The average Bonchev–Trinajstić information content (AvgIpc) is 3.36. The number of thiophene rings is 1. The molecule has 3 rings (SSSR count). The number of hydrogen-bond donors (Lipinski definition) is 1. The predicted molar refractivity (Wildman–Crippen MR) is 116 cm³/mol. The summed E-state index contributed by atoms with van der Waals surface area (Å²) < 4.78 is 6.95. The second kappa shape index (κ2) is 10.1. The quantitative estimate of drug-likeness (QED) is 0.382. The van der Waals surface area contributed by atoms with E-state index < -0.39 is 18.5 Å². The van der Waals surface area contributed by atoms with Crippen LogP contribution in [-0.4, -0.2) is 39.0 Å². The number of halogens is 2. The first-order valence-corrected chi connectivity index (χ1v) is 11.1. The van der Waals surface area contributed by atoms with Crippen molar-refractivity contribution in [1.82, 2.24) is 14.8 Å². The lowest BCUT2D eigenvalue weighted by Gasteiger charge is -2.09. The molecular weight excluding hydrogens is 455 g/mol. The lowest BCUT2D eigenvalue weighted by molar-refractivity contribution is -0.144. The molecule has 0 atom stereocenters. The molecule has 3 aromatic rings. The Morgan fingerprint density at radius 3 is 2.83 bits per heavy atom. The molecule has 7 nitrogen and oxygen atoms in total. The summed E-state index contributed by atoms with van der Waals surface area (Å²) in [5, 5.41) is 14.3. The Morgan fingerprint density at radius 1 is 1.28 bits per heavy atom. The van der Waals surface area contributed by atoms with Gasteiger partial charge in [0.2, 0.25) is 0 Å². The highest BCUT2D eigenvalue weighted by atomic mass is 35.5. The van der Waals surface area contributed by atoms with Gasteiger partial charge in [-0.3, -0.25) is 9.59 Å². The molecule has 1 aromatic carbocycles. The van der Waals surface area contributed by atoms with Crippen LogP contribution in [0.5, 0.6) is 0 Å². The Balaban J connectivity index is 1.50.